The van der Waals surface area contributed by atoms with Crippen LogP contribution in [0.4, 0.5) is 27.8 Å². The minimum Gasteiger partial charge on any atom is -0.481 e. The summed E-state index contributed by atoms with van der Waals surface area (Å²) in [6, 6.07) is 6.95. The summed E-state index contributed by atoms with van der Waals surface area (Å²) in [4.78, 5) is 25.2. The van der Waals surface area contributed by atoms with E-state index in [0.717, 1.165) is 55.9 Å². The first-order valence-electron chi connectivity index (χ1n) is 11.9. The van der Waals surface area contributed by atoms with E-state index >= 15 is 0 Å². The number of fused-ring (bicyclic) bond motifs is 1. The standard InChI is InChI=1S/C23H24F2N4O3.C2HF3O2/c24-16-11-15(12-17(25)13-16)19(23(30)31)8-9-21-29-28-20(32-21)5-1-4-18-7-6-14-3-2-10-26-22(14)27-18;3-2(4,5)1(6)7/h6-7,11-13,19H,1-5,8-10H2,(H,26,27)(H,30,31);(H,6,7). The Hall–Kier alpha value is -4.10. The highest BCUT2D eigenvalue weighted by Gasteiger charge is 2.38. The fraction of sp³-hybridized carbons (Fsp3) is 0.400. The van der Waals surface area contributed by atoms with Crippen LogP contribution in [0.1, 0.15) is 53.8 Å². The van der Waals surface area contributed by atoms with E-state index in [4.69, 9.17) is 14.3 Å². The molecule has 0 fully saturated rings. The van der Waals surface area contributed by atoms with Crippen LogP contribution in [0.5, 0.6) is 0 Å². The average molecular weight is 556 g/mol. The fourth-order valence-electron chi connectivity index (χ4n) is 3.90. The highest BCUT2D eigenvalue weighted by atomic mass is 19.4. The van der Waals surface area contributed by atoms with E-state index in [9.17, 15) is 31.9 Å². The van der Waals surface area contributed by atoms with Crippen LogP contribution >= 0.6 is 0 Å². The molecule has 1 aliphatic rings. The first-order valence-corrected chi connectivity index (χ1v) is 11.9. The second-order valence-electron chi connectivity index (χ2n) is 8.72. The van der Waals surface area contributed by atoms with Gasteiger partial charge in [0.2, 0.25) is 11.8 Å². The van der Waals surface area contributed by atoms with Crippen molar-refractivity contribution in [2.75, 3.05) is 11.9 Å². The Balaban J connectivity index is 0.000000532. The maximum Gasteiger partial charge on any atom is 0.490 e. The number of aromatic nitrogens is 3. The molecule has 1 aromatic carbocycles. The molecule has 0 bridgehead atoms. The van der Waals surface area contributed by atoms with E-state index in [0.29, 0.717) is 24.3 Å². The number of nitrogens with one attached hydrogen (secondary N) is 1. The zero-order valence-electron chi connectivity index (χ0n) is 20.5. The minimum absolute atomic E-state index is 0.0711. The van der Waals surface area contributed by atoms with Crippen molar-refractivity contribution in [2.24, 2.45) is 0 Å². The molecule has 1 unspecified atom stereocenters. The Morgan fingerprint density at radius 1 is 1.00 bits per heavy atom. The van der Waals surface area contributed by atoms with Crippen LogP contribution in [-0.4, -0.2) is 50.1 Å². The van der Waals surface area contributed by atoms with E-state index in [1.165, 1.54) is 5.56 Å². The predicted molar refractivity (Wildman–Crippen MR) is 126 cm³/mol. The lowest BCUT2D eigenvalue weighted by Crippen LogP contribution is -2.21. The quantitative estimate of drug-likeness (QED) is 0.320. The lowest BCUT2D eigenvalue weighted by molar-refractivity contribution is -0.192. The number of anilines is 1. The number of aliphatic carboxylic acids is 2. The number of carboxylic acid groups (broad SMARTS) is 2. The van der Waals surface area contributed by atoms with Crippen molar-refractivity contribution in [1.82, 2.24) is 15.2 Å². The van der Waals surface area contributed by atoms with Gasteiger partial charge in [-0.3, -0.25) is 4.79 Å². The molecule has 39 heavy (non-hydrogen) atoms. The van der Waals surface area contributed by atoms with E-state index in [1.54, 1.807) is 0 Å². The molecule has 0 radical (unpaired) electrons. The van der Waals surface area contributed by atoms with Crippen molar-refractivity contribution in [3.8, 4) is 0 Å². The Labute approximate surface area is 219 Å². The first kappa shape index (κ1) is 29.5. The van der Waals surface area contributed by atoms with Gasteiger partial charge in [0, 0.05) is 31.1 Å². The van der Waals surface area contributed by atoms with Crippen LogP contribution in [0.15, 0.2) is 34.7 Å². The average Bonchev–Trinajstić information content (AvgIpc) is 3.31. The Morgan fingerprint density at radius 2 is 1.64 bits per heavy atom. The second kappa shape index (κ2) is 13.1. The number of benzene rings is 1. The predicted octanol–water partition coefficient (Wildman–Crippen LogP) is 4.71. The van der Waals surface area contributed by atoms with Gasteiger partial charge in [0.05, 0.1) is 5.92 Å². The molecule has 14 heteroatoms. The van der Waals surface area contributed by atoms with Gasteiger partial charge in [-0.2, -0.15) is 13.2 Å². The molecule has 3 N–H and O–H groups in total. The summed E-state index contributed by atoms with van der Waals surface area (Å²) in [6.45, 7) is 0.950. The SMILES string of the molecule is O=C(O)C(CCc1nnc(CCCc2ccc3c(n2)NCCC3)o1)c1cc(F)cc(F)c1.O=C(O)C(F)(F)F. The number of rotatable bonds is 9. The van der Waals surface area contributed by atoms with Crippen LogP contribution in [0, 0.1) is 11.6 Å². The van der Waals surface area contributed by atoms with Gasteiger partial charge in [0.25, 0.3) is 0 Å². The summed E-state index contributed by atoms with van der Waals surface area (Å²) in [5, 5.41) is 27.9. The van der Waals surface area contributed by atoms with Crippen molar-refractivity contribution in [3.05, 3.63) is 70.6 Å². The smallest absolute Gasteiger partial charge is 0.481 e. The molecule has 3 aromatic rings. The summed E-state index contributed by atoms with van der Waals surface area (Å²) in [7, 11) is 0. The number of alkyl halides is 3. The fourth-order valence-corrected chi connectivity index (χ4v) is 3.90. The van der Waals surface area contributed by atoms with Gasteiger partial charge in [0.1, 0.15) is 17.5 Å². The Morgan fingerprint density at radius 3 is 2.26 bits per heavy atom. The molecule has 0 amide bonds. The maximum atomic E-state index is 13.5. The monoisotopic (exact) mass is 556 g/mol. The molecule has 0 saturated heterocycles. The van der Waals surface area contributed by atoms with Crippen LogP contribution in [0.2, 0.25) is 0 Å². The summed E-state index contributed by atoms with van der Waals surface area (Å²) < 4.78 is 64.3. The van der Waals surface area contributed by atoms with Crippen molar-refractivity contribution in [2.45, 2.75) is 57.0 Å². The summed E-state index contributed by atoms with van der Waals surface area (Å²) >= 11 is 0. The van der Waals surface area contributed by atoms with Gasteiger partial charge in [-0.05, 0) is 61.4 Å². The van der Waals surface area contributed by atoms with Crippen LogP contribution in [-0.2, 0) is 35.3 Å². The molecular weight excluding hydrogens is 531 g/mol. The Kier molecular flexibility index (Phi) is 9.90. The molecule has 2 aromatic heterocycles. The first-order chi connectivity index (χ1) is 18.4. The van der Waals surface area contributed by atoms with E-state index < -0.39 is 35.7 Å². The zero-order chi connectivity index (χ0) is 28.6. The number of carbonyl (C=O) groups is 2. The summed E-state index contributed by atoms with van der Waals surface area (Å²) in [6.07, 6.45) is -0.480. The van der Waals surface area contributed by atoms with Gasteiger partial charge in [-0.1, -0.05) is 6.07 Å². The number of halogens is 5. The summed E-state index contributed by atoms with van der Waals surface area (Å²) in [5.74, 6) is -4.86. The van der Waals surface area contributed by atoms with Crippen LogP contribution in [0.3, 0.4) is 0 Å². The molecular formula is C25H25F5N4O5. The van der Waals surface area contributed by atoms with Crippen LogP contribution < -0.4 is 5.32 Å². The molecule has 9 nitrogen and oxygen atoms in total. The number of aryl methyl sites for hydroxylation is 4. The number of nitrogens with zero attached hydrogens (tertiary/aromatic N) is 3. The van der Waals surface area contributed by atoms with Gasteiger partial charge in [-0.25, -0.2) is 18.6 Å². The highest BCUT2D eigenvalue weighted by molar-refractivity contribution is 5.76. The molecule has 0 saturated carbocycles. The van der Waals surface area contributed by atoms with Gasteiger partial charge >= 0.3 is 18.1 Å². The molecule has 1 aliphatic heterocycles. The third kappa shape index (κ3) is 9.00. The Bertz CT molecular complexity index is 1280. The van der Waals surface area contributed by atoms with Crippen molar-refractivity contribution in [3.63, 3.8) is 0 Å². The van der Waals surface area contributed by atoms with Gasteiger partial charge in [-0.15, -0.1) is 10.2 Å². The lowest BCUT2D eigenvalue weighted by Gasteiger charge is -2.17. The molecule has 210 valence electrons. The van der Waals surface area contributed by atoms with Gasteiger partial charge < -0.3 is 19.9 Å². The second-order valence-corrected chi connectivity index (χ2v) is 8.72. The maximum absolute atomic E-state index is 13.5. The third-order valence-corrected chi connectivity index (χ3v) is 5.76. The van der Waals surface area contributed by atoms with E-state index in [-0.39, 0.29) is 18.4 Å². The number of hydrogen-bond donors (Lipinski definition) is 3. The number of carboxylic acids is 2. The van der Waals surface area contributed by atoms with Crippen LogP contribution in [0.25, 0.3) is 0 Å². The minimum atomic E-state index is -5.08. The largest absolute Gasteiger partial charge is 0.490 e. The number of hydrogen-bond acceptors (Lipinski definition) is 7. The number of pyridine rings is 1. The molecule has 1 atom stereocenters. The lowest BCUT2D eigenvalue weighted by atomic mass is 9.94. The third-order valence-electron chi connectivity index (χ3n) is 5.76. The summed E-state index contributed by atoms with van der Waals surface area (Å²) in [5.41, 5.74) is 2.33. The van der Waals surface area contributed by atoms with E-state index in [2.05, 4.69) is 26.6 Å². The van der Waals surface area contributed by atoms with Crippen molar-refractivity contribution in [1.29, 1.82) is 0 Å². The normalized spacial score (nSPS) is 13.5. The molecule has 3 heterocycles. The van der Waals surface area contributed by atoms with Gasteiger partial charge in [0.15, 0.2) is 0 Å². The molecule has 4 rings (SSSR count). The zero-order valence-corrected chi connectivity index (χ0v) is 20.5. The van der Waals surface area contributed by atoms with Crippen molar-refractivity contribution < 1.29 is 46.2 Å². The topological polar surface area (TPSA) is 138 Å². The highest BCUT2D eigenvalue weighted by Crippen LogP contribution is 2.24. The molecule has 0 spiro atoms. The molecule has 0 aliphatic carbocycles. The van der Waals surface area contributed by atoms with Crippen molar-refractivity contribution >= 4 is 17.8 Å². The van der Waals surface area contributed by atoms with E-state index in [1.807, 2.05) is 6.07 Å².